The summed E-state index contributed by atoms with van der Waals surface area (Å²) in [5, 5.41) is 24.8. The first-order chi connectivity index (χ1) is 24.5. The van der Waals surface area contributed by atoms with Gasteiger partial charge in [0.05, 0.1) is 141 Å². The number of nitrogens with zero attached hydrogens (tertiary/aromatic N) is 2. The summed E-state index contributed by atoms with van der Waals surface area (Å²) in [6, 6.07) is 10.8. The number of rotatable bonds is 34. The molecule has 0 aliphatic rings. The zero-order chi connectivity index (χ0) is 35.9. The molecular weight excluding hydrogens is 664 g/mol. The second-order valence-electron chi connectivity index (χ2n) is 10.0. The van der Waals surface area contributed by atoms with E-state index in [0.717, 1.165) is 6.07 Å². The average Bonchev–Trinajstić information content (AvgIpc) is 3.11. The Hall–Kier alpha value is -3.72. The summed E-state index contributed by atoms with van der Waals surface area (Å²) in [6.07, 6.45) is 0. The molecule has 50 heavy (non-hydrogen) atoms. The number of nitrogens with two attached hydrogens (primary N) is 1. The summed E-state index contributed by atoms with van der Waals surface area (Å²) in [4.78, 5) is 20.6. The Bertz CT molecular complexity index is 1180. The third-order valence-electron chi connectivity index (χ3n) is 6.33. The zero-order valence-corrected chi connectivity index (χ0v) is 28.4. The first kappa shape index (κ1) is 42.4. The number of anilines is 2. The van der Waals surface area contributed by atoms with Crippen LogP contribution in [0.5, 0.6) is 5.75 Å². The largest absolute Gasteiger partial charge is 0.489 e. The Morgan fingerprint density at radius 2 is 0.920 bits per heavy atom. The van der Waals surface area contributed by atoms with Crippen LogP contribution in [0.1, 0.15) is 0 Å². The van der Waals surface area contributed by atoms with Gasteiger partial charge >= 0.3 is 0 Å². The van der Waals surface area contributed by atoms with Crippen molar-refractivity contribution in [2.75, 3.05) is 143 Å². The van der Waals surface area contributed by atoms with Gasteiger partial charge in [0.2, 0.25) is 0 Å². The SMILES string of the molecule is Nc1ccccc1OCCOCCOCCOCCOCCOCCOCCOCCOCCOCCNc1ccc([N+](=O)[O-])cc1[N+](=O)[O-]. The van der Waals surface area contributed by atoms with E-state index in [-0.39, 0.29) is 30.2 Å². The number of nitro groups is 2. The van der Waals surface area contributed by atoms with Crippen LogP contribution in [0.4, 0.5) is 22.7 Å². The Morgan fingerprint density at radius 1 is 0.520 bits per heavy atom. The van der Waals surface area contributed by atoms with E-state index in [1.54, 1.807) is 6.07 Å². The highest BCUT2D eigenvalue weighted by Gasteiger charge is 2.19. The summed E-state index contributed by atoms with van der Waals surface area (Å²) in [5.74, 6) is 0.655. The van der Waals surface area contributed by atoms with Gasteiger partial charge in [-0.2, -0.15) is 0 Å². The molecule has 0 saturated heterocycles. The fourth-order valence-electron chi connectivity index (χ4n) is 3.88. The fourth-order valence-corrected chi connectivity index (χ4v) is 3.88. The minimum absolute atomic E-state index is 0.184. The first-order valence-corrected chi connectivity index (χ1v) is 16.3. The van der Waals surface area contributed by atoms with Gasteiger partial charge in [-0.15, -0.1) is 0 Å². The Balaban J connectivity index is 1.21. The highest BCUT2D eigenvalue weighted by molar-refractivity contribution is 5.65. The molecule has 0 radical (unpaired) electrons. The fraction of sp³-hybridized carbons (Fsp3) is 0.625. The number of non-ortho nitro benzene ring substituents is 1. The molecule has 0 unspecified atom stereocenters. The van der Waals surface area contributed by atoms with Gasteiger partial charge < -0.3 is 58.4 Å². The molecule has 0 bridgehead atoms. The van der Waals surface area contributed by atoms with Crippen LogP contribution >= 0.6 is 0 Å². The van der Waals surface area contributed by atoms with Crippen molar-refractivity contribution in [3.8, 4) is 5.75 Å². The van der Waals surface area contributed by atoms with Crippen LogP contribution in [-0.2, 0) is 42.6 Å². The lowest BCUT2D eigenvalue weighted by Crippen LogP contribution is -2.16. The predicted molar refractivity (Wildman–Crippen MR) is 182 cm³/mol. The zero-order valence-electron chi connectivity index (χ0n) is 28.4. The number of para-hydroxylation sites is 2. The van der Waals surface area contributed by atoms with Crippen molar-refractivity contribution in [3.05, 3.63) is 62.7 Å². The lowest BCUT2D eigenvalue weighted by molar-refractivity contribution is -0.393. The van der Waals surface area contributed by atoms with Crippen LogP contribution in [0.25, 0.3) is 0 Å². The minimum Gasteiger partial charge on any atom is -0.489 e. The molecule has 0 heterocycles. The van der Waals surface area contributed by atoms with E-state index in [1.807, 2.05) is 18.2 Å². The first-order valence-electron chi connectivity index (χ1n) is 16.3. The summed E-state index contributed by atoms with van der Waals surface area (Å²) in [5.41, 5.74) is 5.89. The molecule has 282 valence electrons. The second-order valence-corrected chi connectivity index (χ2v) is 10.0. The second kappa shape index (κ2) is 29.1. The van der Waals surface area contributed by atoms with Crippen LogP contribution in [0.15, 0.2) is 42.5 Å². The number of ether oxygens (including phenoxy) is 10. The molecule has 2 aromatic rings. The van der Waals surface area contributed by atoms with Crippen molar-refractivity contribution in [2.45, 2.75) is 0 Å². The molecule has 0 aliphatic heterocycles. The standard InChI is InChI=1S/C32H50N4O14/c33-29-3-1-2-4-32(29)50-26-25-49-24-23-48-22-21-47-20-19-46-18-17-45-16-15-44-14-13-43-12-11-42-10-9-41-8-7-34-30-6-5-28(35(37)38)27-31(30)36(39)40/h1-6,27,34H,7-26,33H2. The Morgan fingerprint density at radius 3 is 1.32 bits per heavy atom. The van der Waals surface area contributed by atoms with Crippen LogP contribution < -0.4 is 15.8 Å². The van der Waals surface area contributed by atoms with Crippen molar-refractivity contribution in [1.29, 1.82) is 0 Å². The summed E-state index contributed by atoms with van der Waals surface area (Å²) >= 11 is 0. The van der Waals surface area contributed by atoms with Gasteiger partial charge in [-0.3, -0.25) is 20.2 Å². The maximum absolute atomic E-state index is 11.1. The Kier molecular flexibility index (Phi) is 24.7. The van der Waals surface area contributed by atoms with E-state index >= 15 is 0 Å². The van der Waals surface area contributed by atoms with Crippen molar-refractivity contribution in [2.24, 2.45) is 0 Å². The van der Waals surface area contributed by atoms with Crippen LogP contribution in [0, 0.1) is 20.2 Å². The normalized spacial score (nSPS) is 11.1. The van der Waals surface area contributed by atoms with Crippen LogP contribution in [0.2, 0.25) is 0 Å². The molecule has 0 spiro atoms. The van der Waals surface area contributed by atoms with Gasteiger partial charge in [-0.25, -0.2) is 0 Å². The van der Waals surface area contributed by atoms with E-state index in [9.17, 15) is 20.2 Å². The van der Waals surface area contributed by atoms with Crippen LogP contribution in [0.3, 0.4) is 0 Å². The number of benzene rings is 2. The van der Waals surface area contributed by atoms with Crippen molar-refractivity contribution >= 4 is 22.7 Å². The monoisotopic (exact) mass is 714 g/mol. The highest BCUT2D eigenvalue weighted by Crippen LogP contribution is 2.28. The summed E-state index contributed by atoms with van der Waals surface area (Å²) in [7, 11) is 0. The molecule has 18 nitrogen and oxygen atoms in total. The number of hydrogen-bond acceptors (Lipinski definition) is 16. The summed E-state index contributed by atoms with van der Waals surface area (Å²) in [6.45, 7) is 8.53. The molecule has 0 saturated carbocycles. The molecule has 0 aliphatic carbocycles. The highest BCUT2D eigenvalue weighted by atomic mass is 16.6. The molecule has 0 aromatic heterocycles. The van der Waals surface area contributed by atoms with Crippen molar-refractivity contribution < 1.29 is 57.2 Å². The lowest BCUT2D eigenvalue weighted by atomic mass is 10.2. The van der Waals surface area contributed by atoms with Crippen molar-refractivity contribution in [3.63, 3.8) is 0 Å². The van der Waals surface area contributed by atoms with Crippen LogP contribution in [-0.4, -0.2) is 142 Å². The molecule has 0 atom stereocenters. The molecule has 2 rings (SSSR count). The molecule has 2 aromatic carbocycles. The van der Waals surface area contributed by atoms with Gasteiger partial charge in [-0.1, -0.05) is 12.1 Å². The molecule has 3 N–H and O–H groups in total. The third kappa shape index (κ3) is 21.4. The maximum Gasteiger partial charge on any atom is 0.299 e. The number of nitro benzene ring substituents is 2. The van der Waals surface area contributed by atoms with E-state index in [2.05, 4.69) is 5.32 Å². The lowest BCUT2D eigenvalue weighted by Gasteiger charge is -2.10. The molecule has 18 heteroatoms. The van der Waals surface area contributed by atoms with Gasteiger partial charge in [-0.05, 0) is 18.2 Å². The van der Waals surface area contributed by atoms with Gasteiger partial charge in [0, 0.05) is 12.6 Å². The van der Waals surface area contributed by atoms with E-state index < -0.39 is 9.85 Å². The third-order valence-corrected chi connectivity index (χ3v) is 6.33. The number of nitrogens with one attached hydrogen (secondary N) is 1. The maximum atomic E-state index is 11.1. The smallest absolute Gasteiger partial charge is 0.299 e. The van der Waals surface area contributed by atoms with Crippen molar-refractivity contribution in [1.82, 2.24) is 0 Å². The topological polar surface area (TPSA) is 217 Å². The van der Waals surface area contributed by atoms with E-state index in [0.29, 0.717) is 130 Å². The molecule has 0 fully saturated rings. The van der Waals surface area contributed by atoms with Gasteiger partial charge in [0.1, 0.15) is 18.0 Å². The van der Waals surface area contributed by atoms with E-state index in [1.165, 1.54) is 12.1 Å². The Labute approximate surface area is 291 Å². The average molecular weight is 715 g/mol. The molecular formula is C32H50N4O14. The van der Waals surface area contributed by atoms with E-state index in [4.69, 9.17) is 53.1 Å². The predicted octanol–water partition coefficient (Wildman–Crippen LogP) is 2.73. The number of hydrogen-bond donors (Lipinski definition) is 2. The van der Waals surface area contributed by atoms with Gasteiger partial charge in [0.15, 0.2) is 0 Å². The van der Waals surface area contributed by atoms with Gasteiger partial charge in [0.25, 0.3) is 11.4 Å². The minimum atomic E-state index is -0.682. The summed E-state index contributed by atoms with van der Waals surface area (Å²) < 4.78 is 54.6. The molecule has 0 amide bonds. The quantitative estimate of drug-likeness (QED) is 0.0461. The number of nitrogen functional groups attached to an aromatic ring is 1.